The third kappa shape index (κ3) is 2.11. The van der Waals surface area contributed by atoms with Crippen molar-refractivity contribution in [2.75, 3.05) is 19.7 Å². The molecule has 0 aromatic carbocycles. The third-order valence-corrected chi connectivity index (χ3v) is 4.08. The van der Waals surface area contributed by atoms with Crippen LogP contribution in [0.1, 0.15) is 32.6 Å². The highest BCUT2D eigenvalue weighted by molar-refractivity contribution is 5.78. The minimum Gasteiger partial charge on any atom is -0.464 e. The van der Waals surface area contributed by atoms with E-state index in [1.165, 1.54) is 0 Å². The zero-order chi connectivity index (χ0) is 13.2. The van der Waals surface area contributed by atoms with E-state index in [2.05, 4.69) is 0 Å². The molecule has 0 unspecified atom stereocenters. The van der Waals surface area contributed by atoms with Crippen molar-refractivity contribution >= 4 is 5.97 Å². The molecular weight excluding hydrogens is 232 g/mol. The summed E-state index contributed by atoms with van der Waals surface area (Å²) in [6, 6.07) is 1.15. The molecule has 0 saturated carbocycles. The Hall–Kier alpha value is -1.12. The highest BCUT2D eigenvalue weighted by atomic mass is 16.5. The molecule has 0 radical (unpaired) electrons. The summed E-state index contributed by atoms with van der Waals surface area (Å²) < 4.78 is 5.18. The van der Waals surface area contributed by atoms with Crippen LogP contribution in [0, 0.1) is 17.2 Å². The molecule has 0 amide bonds. The summed E-state index contributed by atoms with van der Waals surface area (Å²) in [6.45, 7) is 3.92. The molecule has 2 atom stereocenters. The maximum atomic E-state index is 12.1. The van der Waals surface area contributed by atoms with E-state index in [1.54, 1.807) is 0 Å². The molecule has 3 heterocycles. The minimum absolute atomic E-state index is 0.101. The van der Waals surface area contributed by atoms with Gasteiger partial charge >= 0.3 is 5.97 Å². The van der Waals surface area contributed by atoms with Crippen LogP contribution in [0.2, 0.25) is 0 Å². The average Bonchev–Trinajstić information content (AvgIpc) is 2.40. The molecule has 3 aliphatic rings. The first-order valence-electron chi connectivity index (χ1n) is 6.67. The quantitative estimate of drug-likeness (QED) is 0.452. The lowest BCUT2D eigenvalue weighted by molar-refractivity contribution is -0.176. The van der Waals surface area contributed by atoms with Crippen LogP contribution in [0.5, 0.6) is 0 Å². The van der Waals surface area contributed by atoms with E-state index in [4.69, 9.17) is 4.74 Å². The lowest BCUT2D eigenvalue weighted by Gasteiger charge is -2.51. The first kappa shape index (κ1) is 13.3. The van der Waals surface area contributed by atoms with Gasteiger partial charge in [-0.3, -0.25) is 9.69 Å². The van der Waals surface area contributed by atoms with Crippen LogP contribution in [0.3, 0.4) is 0 Å². The number of carbonyl (C=O) groups is 1. The number of nitrogens with zero attached hydrogens (tertiary/aromatic N) is 2. The van der Waals surface area contributed by atoms with Crippen LogP contribution in [-0.4, -0.2) is 47.3 Å². The molecule has 0 aliphatic carbocycles. The van der Waals surface area contributed by atoms with E-state index in [-0.39, 0.29) is 5.92 Å². The molecule has 100 valence electrons. The van der Waals surface area contributed by atoms with Gasteiger partial charge in [0.05, 0.1) is 6.61 Å². The van der Waals surface area contributed by atoms with E-state index in [1.807, 2.05) is 17.9 Å². The number of esters is 1. The van der Waals surface area contributed by atoms with Gasteiger partial charge in [-0.05, 0) is 32.4 Å². The number of nitriles is 1. The predicted molar refractivity (Wildman–Crippen MR) is 64.5 cm³/mol. The Kier molecular flexibility index (Phi) is 3.88. The third-order valence-electron chi connectivity index (χ3n) is 4.08. The molecule has 3 aliphatic heterocycles. The zero-order valence-electron chi connectivity index (χ0n) is 10.8. The number of aliphatic hydroxyl groups is 1. The van der Waals surface area contributed by atoms with Crippen LogP contribution < -0.4 is 0 Å². The highest BCUT2D eigenvalue weighted by Gasteiger charge is 2.57. The second-order valence-corrected chi connectivity index (χ2v) is 5.17. The molecule has 2 bridgehead atoms. The maximum Gasteiger partial charge on any atom is 0.327 e. The van der Waals surface area contributed by atoms with Crippen LogP contribution in [0.25, 0.3) is 0 Å². The van der Waals surface area contributed by atoms with Gasteiger partial charge in [-0.15, -0.1) is 0 Å². The summed E-state index contributed by atoms with van der Waals surface area (Å²) in [6.07, 6.45) is 3.32. The summed E-state index contributed by atoms with van der Waals surface area (Å²) in [4.78, 5) is 13.9. The first-order valence-corrected chi connectivity index (χ1v) is 6.67. The number of carbonyl (C=O) groups excluding carboxylic acids is 1. The summed E-state index contributed by atoms with van der Waals surface area (Å²) in [7, 11) is 0. The fraction of sp³-hybridized carbons (Fsp3) is 0.846. The number of hydrogen-bond acceptors (Lipinski definition) is 5. The van der Waals surface area contributed by atoms with Gasteiger partial charge in [0.25, 0.3) is 0 Å². The zero-order valence-corrected chi connectivity index (χ0v) is 10.8. The second-order valence-electron chi connectivity index (χ2n) is 5.17. The Bertz CT molecular complexity index is 358. The van der Waals surface area contributed by atoms with Gasteiger partial charge in [-0.25, -0.2) is 0 Å². The van der Waals surface area contributed by atoms with Crippen molar-refractivity contribution in [3.05, 3.63) is 0 Å². The van der Waals surface area contributed by atoms with Crippen LogP contribution in [-0.2, 0) is 9.53 Å². The van der Waals surface area contributed by atoms with Crippen LogP contribution in [0.15, 0.2) is 0 Å². The largest absolute Gasteiger partial charge is 0.464 e. The molecular formula is C13H20N2O3. The van der Waals surface area contributed by atoms with Crippen molar-refractivity contribution in [3.8, 4) is 6.07 Å². The summed E-state index contributed by atoms with van der Waals surface area (Å²) in [5.41, 5.74) is -1.57. The fourth-order valence-corrected chi connectivity index (χ4v) is 2.98. The topological polar surface area (TPSA) is 73.6 Å². The predicted octanol–water partition coefficient (Wildman–Crippen LogP) is 0.679. The smallest absolute Gasteiger partial charge is 0.327 e. The number of rotatable bonds is 4. The molecule has 1 N–H and O–H groups in total. The Balaban J connectivity index is 2.09. The van der Waals surface area contributed by atoms with Crippen molar-refractivity contribution in [2.45, 2.75) is 44.2 Å². The summed E-state index contributed by atoms with van der Waals surface area (Å²) >= 11 is 0. The number of fused-ring (bicyclic) bond motifs is 3. The van der Waals surface area contributed by atoms with Gasteiger partial charge in [0, 0.05) is 5.92 Å². The van der Waals surface area contributed by atoms with Crippen molar-refractivity contribution in [3.63, 3.8) is 0 Å². The van der Waals surface area contributed by atoms with Gasteiger partial charge in [0.15, 0.2) is 11.6 Å². The molecule has 3 rings (SSSR count). The number of piperidine rings is 3. The van der Waals surface area contributed by atoms with Gasteiger partial charge in [-0.2, -0.15) is 5.26 Å². The molecule has 3 fully saturated rings. The molecule has 3 saturated heterocycles. The van der Waals surface area contributed by atoms with Crippen LogP contribution in [0.4, 0.5) is 0 Å². The van der Waals surface area contributed by atoms with Gasteiger partial charge < -0.3 is 9.84 Å². The Labute approximate surface area is 107 Å². The summed E-state index contributed by atoms with van der Waals surface area (Å²) in [5.74, 6) is -0.548. The Morgan fingerprint density at radius 3 is 2.78 bits per heavy atom. The summed E-state index contributed by atoms with van der Waals surface area (Å²) in [5, 5.41) is 19.7. The molecule has 18 heavy (non-hydrogen) atoms. The van der Waals surface area contributed by atoms with Gasteiger partial charge in [0.1, 0.15) is 6.07 Å². The van der Waals surface area contributed by atoms with Crippen LogP contribution >= 0.6 is 0 Å². The fourth-order valence-electron chi connectivity index (χ4n) is 2.98. The SMILES string of the molecule is CCCCOC(=O)[C@@H]1N2CCC(CC2)[C@@]1(O)C#N. The van der Waals surface area contributed by atoms with Crippen molar-refractivity contribution in [1.82, 2.24) is 4.90 Å². The standard InChI is InChI=1S/C13H20N2O3/c1-2-3-8-18-12(16)11-13(17,9-14)10-4-6-15(11)7-5-10/h10-11,17H,2-8H2,1H3/t11-,13-/m0/s1. The normalized spacial score (nSPS) is 38.2. The van der Waals surface area contributed by atoms with Gasteiger partial charge in [0.2, 0.25) is 0 Å². The Morgan fingerprint density at radius 1 is 1.56 bits per heavy atom. The Morgan fingerprint density at radius 2 is 2.22 bits per heavy atom. The monoisotopic (exact) mass is 252 g/mol. The highest BCUT2D eigenvalue weighted by Crippen LogP contribution is 2.40. The first-order chi connectivity index (χ1) is 8.63. The number of hydrogen-bond donors (Lipinski definition) is 1. The van der Waals surface area contributed by atoms with E-state index in [9.17, 15) is 15.2 Å². The molecule has 0 aromatic heterocycles. The molecule has 0 spiro atoms. The van der Waals surface area contributed by atoms with E-state index >= 15 is 0 Å². The lowest BCUT2D eigenvalue weighted by atomic mass is 9.71. The second kappa shape index (κ2) is 5.25. The molecule has 5 nitrogen and oxygen atoms in total. The van der Waals surface area contributed by atoms with Crippen molar-refractivity contribution in [2.24, 2.45) is 5.92 Å². The maximum absolute atomic E-state index is 12.1. The van der Waals surface area contributed by atoms with E-state index in [0.29, 0.717) is 6.61 Å². The van der Waals surface area contributed by atoms with Crippen molar-refractivity contribution in [1.29, 1.82) is 5.26 Å². The number of unbranched alkanes of at least 4 members (excludes halogenated alkanes) is 1. The average molecular weight is 252 g/mol. The van der Waals surface area contributed by atoms with E-state index < -0.39 is 17.6 Å². The minimum atomic E-state index is -1.57. The molecule has 0 aromatic rings. The lowest BCUT2D eigenvalue weighted by Crippen LogP contribution is -2.68. The van der Waals surface area contributed by atoms with Crippen molar-refractivity contribution < 1.29 is 14.6 Å². The number of ether oxygens (including phenoxy) is 1. The van der Waals surface area contributed by atoms with E-state index in [0.717, 1.165) is 38.8 Å². The van der Waals surface area contributed by atoms with Gasteiger partial charge in [-0.1, -0.05) is 13.3 Å². The molecule has 5 heteroatoms.